The summed E-state index contributed by atoms with van der Waals surface area (Å²) in [5.41, 5.74) is 3.32. The molecule has 3 aromatic rings. The normalized spacial score (nSPS) is 17.5. The van der Waals surface area contributed by atoms with E-state index in [9.17, 15) is 4.79 Å². The smallest absolute Gasteiger partial charge is 0.267 e. The zero-order valence-corrected chi connectivity index (χ0v) is 14.4. The molecule has 1 fully saturated rings. The summed E-state index contributed by atoms with van der Waals surface area (Å²) in [5, 5.41) is 4.98. The van der Waals surface area contributed by atoms with E-state index in [1.165, 1.54) is 11.3 Å². The third kappa shape index (κ3) is 2.59. The fraction of sp³-hybridized carbons (Fsp3) is 0.353. The number of anilines is 1. The van der Waals surface area contributed by atoms with Crippen molar-refractivity contribution in [3.8, 4) is 0 Å². The Balaban J connectivity index is 1.60. The molecule has 0 aromatic carbocycles. The van der Waals surface area contributed by atoms with E-state index >= 15 is 0 Å². The summed E-state index contributed by atoms with van der Waals surface area (Å²) in [4.78, 5) is 25.3. The molecule has 1 saturated heterocycles. The maximum absolute atomic E-state index is 12.7. The van der Waals surface area contributed by atoms with Crippen LogP contribution in [0.15, 0.2) is 18.5 Å². The van der Waals surface area contributed by atoms with Crippen LogP contribution >= 0.6 is 11.3 Å². The van der Waals surface area contributed by atoms with Gasteiger partial charge in [-0.15, -0.1) is 11.3 Å². The number of ether oxygens (including phenoxy) is 1. The molecule has 0 aliphatic carbocycles. The number of carbonyl (C=O) groups is 1. The molecule has 1 aliphatic rings. The summed E-state index contributed by atoms with van der Waals surface area (Å²) in [6.45, 7) is 5.33. The molecular weight excluding hydrogens is 324 g/mol. The molecule has 0 bridgehead atoms. The van der Waals surface area contributed by atoms with E-state index in [-0.39, 0.29) is 5.91 Å². The third-order valence-corrected chi connectivity index (χ3v) is 5.72. The molecule has 1 amide bonds. The van der Waals surface area contributed by atoms with E-state index in [1.807, 2.05) is 26.1 Å². The van der Waals surface area contributed by atoms with Crippen LogP contribution in [-0.4, -0.2) is 34.1 Å². The van der Waals surface area contributed by atoms with Crippen molar-refractivity contribution in [2.45, 2.75) is 26.2 Å². The number of aromatic nitrogens is 3. The molecule has 0 saturated carbocycles. The van der Waals surface area contributed by atoms with Gasteiger partial charge in [0.1, 0.15) is 10.5 Å². The topological polar surface area (TPSA) is 79.9 Å². The lowest BCUT2D eigenvalue weighted by molar-refractivity contribution is 0.102. The molecule has 24 heavy (non-hydrogen) atoms. The number of hydrogen-bond donors (Lipinski definition) is 2. The highest BCUT2D eigenvalue weighted by molar-refractivity contribution is 7.14. The van der Waals surface area contributed by atoms with Crippen LogP contribution in [0, 0.1) is 13.8 Å². The molecule has 7 heteroatoms. The average Bonchev–Trinajstić information content (AvgIpc) is 3.29. The predicted octanol–water partition coefficient (Wildman–Crippen LogP) is 3.39. The third-order valence-electron chi connectivity index (χ3n) is 4.40. The zero-order valence-electron chi connectivity index (χ0n) is 13.5. The molecule has 4 heterocycles. The molecule has 6 nitrogen and oxygen atoms in total. The minimum Gasteiger partial charge on any atom is -0.381 e. The van der Waals surface area contributed by atoms with Gasteiger partial charge in [-0.25, -0.2) is 9.97 Å². The maximum atomic E-state index is 12.7. The van der Waals surface area contributed by atoms with E-state index in [0.29, 0.717) is 17.4 Å². The van der Waals surface area contributed by atoms with Crippen LogP contribution in [0.3, 0.4) is 0 Å². The summed E-state index contributed by atoms with van der Waals surface area (Å²) in [7, 11) is 0. The number of carbonyl (C=O) groups excluding carboxylic acids is 1. The largest absolute Gasteiger partial charge is 0.381 e. The van der Waals surface area contributed by atoms with Crippen LogP contribution in [0.1, 0.15) is 38.3 Å². The number of H-pyrrole nitrogens is 1. The molecular formula is C17H18N4O2S. The van der Waals surface area contributed by atoms with Crippen molar-refractivity contribution in [1.82, 2.24) is 15.0 Å². The number of aromatic amines is 1. The van der Waals surface area contributed by atoms with E-state index < -0.39 is 0 Å². The van der Waals surface area contributed by atoms with Gasteiger partial charge in [-0.1, -0.05) is 0 Å². The first-order valence-electron chi connectivity index (χ1n) is 7.92. The van der Waals surface area contributed by atoms with E-state index in [1.54, 1.807) is 6.20 Å². The molecule has 1 atom stereocenters. The standard InChI is InChI=1S/C17H18N4O2S/c1-9-12-3-5-18-15(12)19-7-13(9)21-16(22)14-10(2)20-17(24-14)11-4-6-23-8-11/h3,5,7,11H,4,6,8H2,1-2H3,(H,18,19)(H,21,22). The van der Waals surface area contributed by atoms with Crippen molar-refractivity contribution in [2.24, 2.45) is 0 Å². The van der Waals surface area contributed by atoms with E-state index in [4.69, 9.17) is 4.74 Å². The Morgan fingerprint density at radius 2 is 2.33 bits per heavy atom. The molecule has 4 rings (SSSR count). The number of nitrogens with zero attached hydrogens (tertiary/aromatic N) is 2. The van der Waals surface area contributed by atoms with Crippen LogP contribution < -0.4 is 5.32 Å². The second kappa shape index (κ2) is 5.99. The Morgan fingerprint density at radius 3 is 3.12 bits per heavy atom. The summed E-state index contributed by atoms with van der Waals surface area (Å²) in [6.07, 6.45) is 4.51. The van der Waals surface area contributed by atoms with E-state index in [2.05, 4.69) is 20.3 Å². The highest BCUT2D eigenvalue weighted by Gasteiger charge is 2.24. The van der Waals surface area contributed by atoms with Gasteiger partial charge in [0, 0.05) is 24.1 Å². The van der Waals surface area contributed by atoms with Crippen molar-refractivity contribution in [2.75, 3.05) is 18.5 Å². The fourth-order valence-electron chi connectivity index (χ4n) is 2.98. The number of amides is 1. The summed E-state index contributed by atoms with van der Waals surface area (Å²) >= 11 is 1.47. The van der Waals surface area contributed by atoms with Crippen molar-refractivity contribution >= 4 is 34.0 Å². The number of nitrogens with one attached hydrogen (secondary N) is 2. The summed E-state index contributed by atoms with van der Waals surface area (Å²) in [5.74, 6) is 0.185. The molecule has 1 aliphatic heterocycles. The molecule has 124 valence electrons. The Bertz CT molecular complexity index is 909. The van der Waals surface area contributed by atoms with Crippen LogP contribution in [0.5, 0.6) is 0 Å². The lowest BCUT2D eigenvalue weighted by Gasteiger charge is -2.08. The average molecular weight is 342 g/mol. The first kappa shape index (κ1) is 15.3. The predicted molar refractivity (Wildman–Crippen MR) is 93.8 cm³/mol. The highest BCUT2D eigenvalue weighted by atomic mass is 32.1. The van der Waals surface area contributed by atoms with Gasteiger partial charge in [0.2, 0.25) is 0 Å². The first-order valence-corrected chi connectivity index (χ1v) is 8.74. The molecule has 0 radical (unpaired) electrons. The van der Waals surface area contributed by atoms with Gasteiger partial charge < -0.3 is 15.0 Å². The fourth-order valence-corrected chi connectivity index (χ4v) is 4.06. The van der Waals surface area contributed by atoms with Gasteiger partial charge in [-0.2, -0.15) is 0 Å². The van der Waals surface area contributed by atoms with Crippen molar-refractivity contribution < 1.29 is 9.53 Å². The van der Waals surface area contributed by atoms with Crippen LogP contribution in [0.2, 0.25) is 0 Å². The number of hydrogen-bond acceptors (Lipinski definition) is 5. The summed E-state index contributed by atoms with van der Waals surface area (Å²) < 4.78 is 5.42. The van der Waals surface area contributed by atoms with Crippen LogP contribution in [0.4, 0.5) is 5.69 Å². The Kier molecular flexibility index (Phi) is 3.82. The lowest BCUT2D eigenvalue weighted by Crippen LogP contribution is -2.12. The minimum atomic E-state index is -0.130. The number of thiazole rings is 1. The Hall–Kier alpha value is -2.25. The monoisotopic (exact) mass is 342 g/mol. The van der Waals surface area contributed by atoms with E-state index in [0.717, 1.165) is 46.0 Å². The molecule has 2 N–H and O–H groups in total. The van der Waals surface area contributed by atoms with Gasteiger partial charge in [-0.3, -0.25) is 4.79 Å². The number of fused-ring (bicyclic) bond motifs is 1. The van der Waals surface area contributed by atoms with Crippen molar-refractivity contribution in [3.05, 3.63) is 39.6 Å². The van der Waals surface area contributed by atoms with Gasteiger partial charge in [-0.05, 0) is 31.9 Å². The van der Waals surface area contributed by atoms with Gasteiger partial charge in [0.05, 0.1) is 29.2 Å². The Labute approximate surface area is 143 Å². The number of pyridine rings is 1. The van der Waals surface area contributed by atoms with Crippen LogP contribution in [-0.2, 0) is 4.74 Å². The quantitative estimate of drug-likeness (QED) is 0.764. The maximum Gasteiger partial charge on any atom is 0.267 e. The minimum absolute atomic E-state index is 0.130. The summed E-state index contributed by atoms with van der Waals surface area (Å²) in [6, 6.07) is 1.96. The second-order valence-corrected chi connectivity index (χ2v) is 7.05. The van der Waals surface area contributed by atoms with Crippen LogP contribution in [0.25, 0.3) is 11.0 Å². The SMILES string of the molecule is Cc1nc(C2CCOC2)sc1C(=O)Nc1cnc2[nH]ccc2c1C. The molecule has 3 aromatic heterocycles. The second-order valence-electron chi connectivity index (χ2n) is 6.02. The van der Waals surface area contributed by atoms with Gasteiger partial charge >= 0.3 is 0 Å². The van der Waals surface area contributed by atoms with Gasteiger partial charge in [0.25, 0.3) is 5.91 Å². The Morgan fingerprint density at radius 1 is 1.46 bits per heavy atom. The van der Waals surface area contributed by atoms with Crippen molar-refractivity contribution in [3.63, 3.8) is 0 Å². The highest BCUT2D eigenvalue weighted by Crippen LogP contribution is 2.31. The first-order chi connectivity index (χ1) is 11.6. The molecule has 1 unspecified atom stereocenters. The van der Waals surface area contributed by atoms with Crippen molar-refractivity contribution in [1.29, 1.82) is 0 Å². The molecule has 0 spiro atoms. The van der Waals surface area contributed by atoms with Gasteiger partial charge in [0.15, 0.2) is 0 Å². The lowest BCUT2D eigenvalue weighted by atomic mass is 10.1. The number of aryl methyl sites for hydroxylation is 2. The zero-order chi connectivity index (χ0) is 16.7. The number of rotatable bonds is 3.